The van der Waals surface area contributed by atoms with E-state index in [0.717, 1.165) is 6.54 Å². The lowest BCUT2D eigenvalue weighted by atomic mass is 9.78. The second-order valence-electron chi connectivity index (χ2n) is 6.77. The van der Waals surface area contributed by atoms with Crippen molar-refractivity contribution < 1.29 is 0 Å². The zero-order chi connectivity index (χ0) is 14.4. The molecule has 1 N–H and O–H groups in total. The average Bonchev–Trinajstić information content (AvgIpc) is 2.53. The van der Waals surface area contributed by atoms with Crippen molar-refractivity contribution in [1.82, 2.24) is 10.2 Å². The Morgan fingerprint density at radius 3 is 2.45 bits per heavy atom. The molecule has 1 heterocycles. The van der Waals surface area contributed by atoms with Crippen molar-refractivity contribution in [1.29, 1.82) is 0 Å². The van der Waals surface area contributed by atoms with Crippen LogP contribution < -0.4 is 5.32 Å². The van der Waals surface area contributed by atoms with Crippen LogP contribution in [0.2, 0.25) is 0 Å². The number of hydrogen-bond donors (Lipinski definition) is 1. The molecule has 0 saturated carbocycles. The Labute approximate surface area is 126 Å². The molecule has 1 saturated heterocycles. The van der Waals surface area contributed by atoms with Crippen LogP contribution in [0.1, 0.15) is 72.1 Å². The second-order valence-corrected chi connectivity index (χ2v) is 6.77. The van der Waals surface area contributed by atoms with Crippen molar-refractivity contribution in [3.8, 4) is 0 Å². The number of allylic oxidation sites excluding steroid dienone is 1. The molecule has 2 heteroatoms. The average molecular weight is 278 g/mol. The van der Waals surface area contributed by atoms with Crippen LogP contribution in [0.3, 0.4) is 0 Å². The van der Waals surface area contributed by atoms with Crippen LogP contribution in [0.25, 0.3) is 0 Å². The Balaban J connectivity index is 2.20. The first-order valence-electron chi connectivity index (χ1n) is 8.89. The van der Waals surface area contributed by atoms with E-state index in [9.17, 15) is 0 Å². The molecule has 1 fully saturated rings. The first kappa shape index (κ1) is 16.0. The molecular formula is C18H34N2. The fourth-order valence-corrected chi connectivity index (χ4v) is 4.09. The van der Waals surface area contributed by atoms with Gasteiger partial charge in [-0.2, -0.15) is 0 Å². The summed E-state index contributed by atoms with van der Waals surface area (Å²) >= 11 is 0. The SMILES string of the molecule is CCNC(C1=CCCCC1)C(C)(CC)N1CCCCC1. The van der Waals surface area contributed by atoms with Gasteiger partial charge in [-0.25, -0.2) is 0 Å². The fourth-order valence-electron chi connectivity index (χ4n) is 4.09. The van der Waals surface area contributed by atoms with Crippen molar-refractivity contribution in [2.24, 2.45) is 0 Å². The van der Waals surface area contributed by atoms with Crippen molar-refractivity contribution in [3.05, 3.63) is 11.6 Å². The van der Waals surface area contributed by atoms with Crippen molar-refractivity contribution in [3.63, 3.8) is 0 Å². The number of hydrogen-bond acceptors (Lipinski definition) is 2. The highest BCUT2D eigenvalue weighted by Crippen LogP contribution is 2.34. The van der Waals surface area contributed by atoms with Gasteiger partial charge in [-0.3, -0.25) is 4.90 Å². The zero-order valence-electron chi connectivity index (χ0n) is 13.9. The van der Waals surface area contributed by atoms with E-state index in [1.54, 1.807) is 5.57 Å². The number of likely N-dealkylation sites (N-methyl/N-ethyl adjacent to an activating group) is 1. The number of rotatable bonds is 6. The Morgan fingerprint density at radius 2 is 1.90 bits per heavy atom. The van der Waals surface area contributed by atoms with Gasteiger partial charge in [0.15, 0.2) is 0 Å². The largest absolute Gasteiger partial charge is 0.309 e. The molecule has 1 aliphatic carbocycles. The summed E-state index contributed by atoms with van der Waals surface area (Å²) in [5.74, 6) is 0. The standard InChI is InChI=1S/C18H34N2/c1-4-18(3,20-14-10-7-11-15-20)17(19-5-2)16-12-8-6-9-13-16/h12,17,19H,4-11,13-15H2,1-3H3. The molecule has 0 aromatic rings. The molecule has 2 nitrogen and oxygen atoms in total. The molecule has 0 amide bonds. The molecule has 1 aliphatic heterocycles. The quantitative estimate of drug-likeness (QED) is 0.735. The third-order valence-electron chi connectivity index (χ3n) is 5.52. The number of piperidine rings is 1. The number of likely N-dealkylation sites (tertiary alicyclic amines) is 1. The van der Waals surface area contributed by atoms with E-state index < -0.39 is 0 Å². The van der Waals surface area contributed by atoms with Crippen LogP contribution >= 0.6 is 0 Å². The van der Waals surface area contributed by atoms with Gasteiger partial charge in [-0.15, -0.1) is 0 Å². The lowest BCUT2D eigenvalue weighted by Gasteiger charge is -2.49. The van der Waals surface area contributed by atoms with Crippen molar-refractivity contribution in [2.75, 3.05) is 19.6 Å². The lowest BCUT2D eigenvalue weighted by molar-refractivity contribution is 0.0524. The van der Waals surface area contributed by atoms with Gasteiger partial charge in [0.05, 0.1) is 0 Å². The van der Waals surface area contributed by atoms with Gasteiger partial charge >= 0.3 is 0 Å². The maximum absolute atomic E-state index is 3.83. The third-order valence-corrected chi connectivity index (χ3v) is 5.52. The molecule has 0 spiro atoms. The molecule has 2 unspecified atom stereocenters. The van der Waals surface area contributed by atoms with Crippen LogP contribution in [0.4, 0.5) is 0 Å². The molecule has 116 valence electrons. The van der Waals surface area contributed by atoms with E-state index in [4.69, 9.17) is 0 Å². The summed E-state index contributed by atoms with van der Waals surface area (Å²) in [4.78, 5) is 2.78. The molecule has 20 heavy (non-hydrogen) atoms. The first-order chi connectivity index (χ1) is 9.72. The Bertz CT molecular complexity index is 317. The van der Waals surface area contributed by atoms with E-state index in [2.05, 4.69) is 37.1 Å². The smallest absolute Gasteiger partial charge is 0.0463 e. The molecule has 0 aromatic heterocycles. The van der Waals surface area contributed by atoms with E-state index in [0.29, 0.717) is 11.6 Å². The minimum Gasteiger partial charge on any atom is -0.309 e. The Morgan fingerprint density at radius 1 is 1.15 bits per heavy atom. The van der Waals surface area contributed by atoms with E-state index in [-0.39, 0.29) is 0 Å². The van der Waals surface area contributed by atoms with E-state index >= 15 is 0 Å². The summed E-state index contributed by atoms with van der Waals surface area (Å²) in [6.45, 7) is 10.8. The summed E-state index contributed by atoms with van der Waals surface area (Å²) in [6, 6.07) is 0.552. The normalized spacial score (nSPS) is 25.9. The summed E-state index contributed by atoms with van der Waals surface area (Å²) in [5, 5.41) is 3.83. The van der Waals surface area contributed by atoms with Gasteiger partial charge < -0.3 is 5.32 Å². The van der Waals surface area contributed by atoms with Gasteiger partial charge in [-0.05, 0) is 71.5 Å². The Kier molecular flexibility index (Phi) is 6.10. The topological polar surface area (TPSA) is 15.3 Å². The van der Waals surface area contributed by atoms with Crippen molar-refractivity contribution >= 4 is 0 Å². The fraction of sp³-hybridized carbons (Fsp3) is 0.889. The molecule has 0 radical (unpaired) electrons. The van der Waals surface area contributed by atoms with Crippen molar-refractivity contribution in [2.45, 2.75) is 83.7 Å². The van der Waals surface area contributed by atoms with Gasteiger partial charge in [0.2, 0.25) is 0 Å². The van der Waals surface area contributed by atoms with Gasteiger partial charge in [-0.1, -0.05) is 31.9 Å². The highest BCUT2D eigenvalue weighted by atomic mass is 15.2. The highest BCUT2D eigenvalue weighted by Gasteiger charge is 2.40. The minimum atomic E-state index is 0.291. The zero-order valence-corrected chi connectivity index (χ0v) is 13.9. The maximum Gasteiger partial charge on any atom is 0.0463 e. The van der Waals surface area contributed by atoms with E-state index in [1.165, 1.54) is 64.5 Å². The monoisotopic (exact) mass is 278 g/mol. The summed E-state index contributed by atoms with van der Waals surface area (Å²) < 4.78 is 0. The molecule has 2 rings (SSSR count). The molecule has 0 bridgehead atoms. The van der Waals surface area contributed by atoms with Crippen LogP contribution in [0.5, 0.6) is 0 Å². The molecule has 2 aliphatic rings. The minimum absolute atomic E-state index is 0.291. The Hall–Kier alpha value is -0.340. The first-order valence-corrected chi connectivity index (χ1v) is 8.89. The second kappa shape index (κ2) is 7.61. The van der Waals surface area contributed by atoms with Gasteiger partial charge in [0.1, 0.15) is 0 Å². The van der Waals surface area contributed by atoms with Gasteiger partial charge in [0, 0.05) is 11.6 Å². The molecular weight excluding hydrogens is 244 g/mol. The summed E-state index contributed by atoms with van der Waals surface area (Å²) in [6.07, 6.45) is 13.3. The predicted octanol–water partition coefficient (Wildman–Crippen LogP) is 4.12. The van der Waals surface area contributed by atoms with Gasteiger partial charge in [0.25, 0.3) is 0 Å². The third kappa shape index (κ3) is 3.46. The predicted molar refractivity (Wildman–Crippen MR) is 88.1 cm³/mol. The number of nitrogens with one attached hydrogen (secondary N) is 1. The summed E-state index contributed by atoms with van der Waals surface area (Å²) in [5.41, 5.74) is 1.98. The van der Waals surface area contributed by atoms with Crippen LogP contribution in [0.15, 0.2) is 11.6 Å². The lowest BCUT2D eigenvalue weighted by Crippen LogP contribution is -2.61. The van der Waals surface area contributed by atoms with E-state index in [1.807, 2.05) is 0 Å². The highest BCUT2D eigenvalue weighted by molar-refractivity contribution is 5.20. The summed E-state index contributed by atoms with van der Waals surface area (Å²) in [7, 11) is 0. The molecule has 0 aromatic carbocycles. The molecule has 2 atom stereocenters. The van der Waals surface area contributed by atoms with Crippen LogP contribution in [-0.2, 0) is 0 Å². The van der Waals surface area contributed by atoms with Crippen LogP contribution in [0, 0.1) is 0 Å². The van der Waals surface area contributed by atoms with Crippen LogP contribution in [-0.4, -0.2) is 36.1 Å². The number of nitrogens with zero attached hydrogens (tertiary/aromatic N) is 1. The maximum atomic E-state index is 3.83.